The van der Waals surface area contributed by atoms with E-state index < -0.39 is 0 Å². The Morgan fingerprint density at radius 1 is 1.42 bits per heavy atom. The second-order valence-corrected chi connectivity index (χ2v) is 4.67. The first kappa shape index (κ1) is 13.7. The van der Waals surface area contributed by atoms with E-state index in [1.54, 1.807) is 19.1 Å². The van der Waals surface area contributed by atoms with Gasteiger partial charge in [-0.2, -0.15) is 4.98 Å². The maximum Gasteiger partial charge on any atom is 0.243 e. The smallest absolute Gasteiger partial charge is 0.243 e. The SMILES string of the molecule is CCCC[C@H](N)c1nc(-c2ccc(C)c(F)c2)no1. The monoisotopic (exact) mass is 263 g/mol. The van der Waals surface area contributed by atoms with Crippen LogP contribution in [-0.4, -0.2) is 10.1 Å². The van der Waals surface area contributed by atoms with Crippen molar-refractivity contribution < 1.29 is 8.91 Å². The molecule has 102 valence electrons. The largest absolute Gasteiger partial charge is 0.337 e. The van der Waals surface area contributed by atoms with Gasteiger partial charge in [-0.05, 0) is 25.0 Å². The third-order valence-corrected chi connectivity index (χ3v) is 3.06. The van der Waals surface area contributed by atoms with Gasteiger partial charge in [0.15, 0.2) is 0 Å². The lowest BCUT2D eigenvalue weighted by Crippen LogP contribution is -2.10. The molecule has 1 aromatic heterocycles. The van der Waals surface area contributed by atoms with E-state index in [1.165, 1.54) is 6.07 Å². The molecule has 2 aromatic rings. The van der Waals surface area contributed by atoms with Crippen molar-refractivity contribution in [2.75, 3.05) is 0 Å². The number of unbranched alkanes of at least 4 members (excludes halogenated alkanes) is 1. The number of nitrogens with zero attached hydrogens (tertiary/aromatic N) is 2. The van der Waals surface area contributed by atoms with Crippen molar-refractivity contribution in [3.63, 3.8) is 0 Å². The minimum absolute atomic E-state index is 0.253. The Morgan fingerprint density at radius 3 is 2.89 bits per heavy atom. The van der Waals surface area contributed by atoms with E-state index in [4.69, 9.17) is 10.3 Å². The van der Waals surface area contributed by atoms with Gasteiger partial charge in [0.2, 0.25) is 11.7 Å². The van der Waals surface area contributed by atoms with E-state index in [-0.39, 0.29) is 11.9 Å². The number of hydrogen-bond donors (Lipinski definition) is 1. The van der Waals surface area contributed by atoms with Gasteiger partial charge in [-0.1, -0.05) is 37.1 Å². The summed E-state index contributed by atoms with van der Waals surface area (Å²) in [4.78, 5) is 4.23. The van der Waals surface area contributed by atoms with Crippen LogP contribution in [0.15, 0.2) is 22.7 Å². The molecule has 0 bridgehead atoms. The molecule has 0 aliphatic carbocycles. The lowest BCUT2D eigenvalue weighted by Gasteiger charge is -2.03. The van der Waals surface area contributed by atoms with Gasteiger partial charge >= 0.3 is 0 Å². The fraction of sp³-hybridized carbons (Fsp3) is 0.429. The van der Waals surface area contributed by atoms with Gasteiger partial charge in [0, 0.05) is 5.56 Å². The van der Waals surface area contributed by atoms with Crippen LogP contribution in [0.1, 0.15) is 43.7 Å². The molecule has 0 amide bonds. The average molecular weight is 263 g/mol. The van der Waals surface area contributed by atoms with Crippen molar-refractivity contribution in [3.05, 3.63) is 35.5 Å². The van der Waals surface area contributed by atoms with Crippen LogP contribution >= 0.6 is 0 Å². The standard InChI is InChI=1S/C14H18FN3O/c1-3-4-5-12(16)14-17-13(18-19-14)10-7-6-9(2)11(15)8-10/h6-8,12H,3-5,16H2,1-2H3/t12-/m0/s1. The molecule has 0 saturated heterocycles. The van der Waals surface area contributed by atoms with E-state index in [2.05, 4.69) is 17.1 Å². The zero-order valence-electron chi connectivity index (χ0n) is 11.2. The highest BCUT2D eigenvalue weighted by molar-refractivity contribution is 5.54. The minimum Gasteiger partial charge on any atom is -0.337 e. The van der Waals surface area contributed by atoms with Crippen molar-refractivity contribution in [2.45, 2.75) is 39.2 Å². The number of aryl methyl sites for hydroxylation is 1. The van der Waals surface area contributed by atoms with Gasteiger partial charge in [-0.25, -0.2) is 4.39 Å². The second-order valence-electron chi connectivity index (χ2n) is 4.67. The molecule has 0 unspecified atom stereocenters. The van der Waals surface area contributed by atoms with Crippen molar-refractivity contribution in [2.24, 2.45) is 5.73 Å². The molecule has 1 heterocycles. The van der Waals surface area contributed by atoms with Gasteiger partial charge < -0.3 is 10.3 Å². The van der Waals surface area contributed by atoms with Crippen molar-refractivity contribution in [3.8, 4) is 11.4 Å². The van der Waals surface area contributed by atoms with Crippen LogP contribution in [0.25, 0.3) is 11.4 Å². The van der Waals surface area contributed by atoms with Crippen LogP contribution in [0.5, 0.6) is 0 Å². The van der Waals surface area contributed by atoms with Gasteiger partial charge in [-0.15, -0.1) is 0 Å². The van der Waals surface area contributed by atoms with Gasteiger partial charge in [0.25, 0.3) is 0 Å². The van der Waals surface area contributed by atoms with E-state index in [0.29, 0.717) is 22.8 Å². The first-order chi connectivity index (χ1) is 9.11. The molecule has 2 N–H and O–H groups in total. The number of aromatic nitrogens is 2. The molecular weight excluding hydrogens is 245 g/mol. The molecule has 1 atom stereocenters. The Balaban J connectivity index is 2.18. The normalized spacial score (nSPS) is 12.6. The summed E-state index contributed by atoms with van der Waals surface area (Å²) in [6, 6.07) is 4.61. The molecule has 1 aromatic carbocycles. The Kier molecular flexibility index (Phi) is 4.27. The first-order valence-electron chi connectivity index (χ1n) is 6.47. The maximum absolute atomic E-state index is 13.5. The molecule has 5 heteroatoms. The summed E-state index contributed by atoms with van der Waals surface area (Å²) in [5, 5.41) is 3.85. The zero-order valence-corrected chi connectivity index (χ0v) is 11.2. The van der Waals surface area contributed by atoms with E-state index in [1.807, 2.05) is 0 Å². The van der Waals surface area contributed by atoms with Crippen molar-refractivity contribution in [1.29, 1.82) is 0 Å². The molecule has 0 fully saturated rings. The van der Waals surface area contributed by atoms with Crippen LogP contribution < -0.4 is 5.73 Å². The van der Waals surface area contributed by atoms with E-state index >= 15 is 0 Å². The van der Waals surface area contributed by atoms with Crippen LogP contribution in [0.4, 0.5) is 4.39 Å². The van der Waals surface area contributed by atoms with Crippen LogP contribution in [0.2, 0.25) is 0 Å². The molecule has 2 rings (SSSR count). The topological polar surface area (TPSA) is 64.9 Å². The summed E-state index contributed by atoms with van der Waals surface area (Å²) in [6.07, 6.45) is 2.89. The number of benzene rings is 1. The highest BCUT2D eigenvalue weighted by Crippen LogP contribution is 2.22. The summed E-state index contributed by atoms with van der Waals surface area (Å²) in [7, 11) is 0. The maximum atomic E-state index is 13.5. The van der Waals surface area contributed by atoms with Gasteiger partial charge in [-0.3, -0.25) is 0 Å². The number of nitrogens with two attached hydrogens (primary N) is 1. The number of rotatable bonds is 5. The summed E-state index contributed by atoms with van der Waals surface area (Å²) in [6.45, 7) is 3.81. The Bertz CT molecular complexity index is 553. The Morgan fingerprint density at radius 2 is 2.21 bits per heavy atom. The molecule has 0 spiro atoms. The van der Waals surface area contributed by atoms with E-state index in [9.17, 15) is 4.39 Å². The van der Waals surface area contributed by atoms with Crippen molar-refractivity contribution >= 4 is 0 Å². The highest BCUT2D eigenvalue weighted by atomic mass is 19.1. The predicted molar refractivity (Wildman–Crippen MR) is 70.9 cm³/mol. The molecule has 0 saturated carbocycles. The molecule has 19 heavy (non-hydrogen) atoms. The molecular formula is C14H18FN3O. The lowest BCUT2D eigenvalue weighted by molar-refractivity contribution is 0.346. The second kappa shape index (κ2) is 5.93. The van der Waals surface area contributed by atoms with Crippen LogP contribution in [-0.2, 0) is 0 Å². The third-order valence-electron chi connectivity index (χ3n) is 3.06. The van der Waals surface area contributed by atoms with Crippen molar-refractivity contribution in [1.82, 2.24) is 10.1 Å². The van der Waals surface area contributed by atoms with Gasteiger partial charge in [0.1, 0.15) is 5.82 Å². The fourth-order valence-electron chi connectivity index (χ4n) is 1.78. The molecule has 0 radical (unpaired) electrons. The van der Waals surface area contributed by atoms with Crippen LogP contribution in [0.3, 0.4) is 0 Å². The summed E-state index contributed by atoms with van der Waals surface area (Å²) in [5.41, 5.74) is 7.14. The molecule has 4 nitrogen and oxygen atoms in total. The summed E-state index contributed by atoms with van der Waals surface area (Å²) in [5.74, 6) is 0.504. The first-order valence-corrected chi connectivity index (χ1v) is 6.47. The third kappa shape index (κ3) is 3.17. The number of hydrogen-bond acceptors (Lipinski definition) is 4. The average Bonchev–Trinajstić information content (AvgIpc) is 2.89. The summed E-state index contributed by atoms with van der Waals surface area (Å²) < 4.78 is 18.6. The Labute approximate surface area is 111 Å². The number of halogens is 1. The van der Waals surface area contributed by atoms with E-state index in [0.717, 1.165) is 19.3 Å². The minimum atomic E-state index is -0.279. The quantitative estimate of drug-likeness (QED) is 0.898. The zero-order chi connectivity index (χ0) is 13.8. The Hall–Kier alpha value is -1.75. The van der Waals surface area contributed by atoms with Crippen LogP contribution in [0, 0.1) is 12.7 Å². The predicted octanol–water partition coefficient (Wildman–Crippen LogP) is 3.37. The fourth-order valence-corrected chi connectivity index (χ4v) is 1.78. The lowest BCUT2D eigenvalue weighted by atomic mass is 10.1. The summed E-state index contributed by atoms with van der Waals surface area (Å²) >= 11 is 0. The molecule has 0 aliphatic heterocycles. The highest BCUT2D eigenvalue weighted by Gasteiger charge is 2.15. The molecule has 0 aliphatic rings. The van der Waals surface area contributed by atoms with Gasteiger partial charge in [0.05, 0.1) is 6.04 Å².